The number of carbonyl (C=O) groups excluding carboxylic acids is 1. The minimum absolute atomic E-state index is 0.124. The van der Waals surface area contributed by atoms with Crippen LogP contribution in [0.5, 0.6) is 0 Å². The lowest BCUT2D eigenvalue weighted by molar-refractivity contribution is -0.136. The average Bonchev–Trinajstić information content (AvgIpc) is 3.21. The fourth-order valence-corrected chi connectivity index (χ4v) is 4.32. The highest BCUT2D eigenvalue weighted by atomic mass is 35.5. The van der Waals surface area contributed by atoms with Gasteiger partial charge in [-0.1, -0.05) is 53.0 Å². The third kappa shape index (κ3) is 5.75. The predicted molar refractivity (Wildman–Crippen MR) is 138 cm³/mol. The molecule has 1 heterocycles. The number of halogens is 4. The van der Waals surface area contributed by atoms with Crippen LogP contribution < -0.4 is 5.32 Å². The smallest absolute Gasteiger partial charge is 0.307 e. The van der Waals surface area contributed by atoms with Crippen LogP contribution >= 0.6 is 34.8 Å². The van der Waals surface area contributed by atoms with Crippen molar-refractivity contribution in [3.05, 3.63) is 104 Å². The maximum atomic E-state index is 14.3. The molecule has 0 unspecified atom stereocenters. The van der Waals surface area contributed by atoms with E-state index in [1.165, 1.54) is 22.9 Å². The van der Waals surface area contributed by atoms with Crippen molar-refractivity contribution < 1.29 is 19.1 Å². The van der Waals surface area contributed by atoms with Crippen LogP contribution in [0.1, 0.15) is 27.2 Å². The molecule has 0 radical (unpaired) electrons. The number of carboxylic acid groups (broad SMARTS) is 1. The molecule has 3 aromatic carbocycles. The number of carbonyl (C=O) groups is 2. The van der Waals surface area contributed by atoms with Crippen molar-refractivity contribution >= 4 is 46.7 Å². The van der Waals surface area contributed by atoms with E-state index < -0.39 is 24.1 Å². The van der Waals surface area contributed by atoms with Gasteiger partial charge in [-0.3, -0.25) is 9.59 Å². The first-order valence-corrected chi connectivity index (χ1v) is 11.8. The lowest BCUT2D eigenvalue weighted by Gasteiger charge is -2.11. The molecule has 1 amide bonds. The lowest BCUT2D eigenvalue weighted by atomic mass is 10.0. The van der Waals surface area contributed by atoms with Crippen LogP contribution in [0.4, 0.5) is 4.39 Å². The number of benzene rings is 3. The molecule has 11 heteroatoms. The van der Waals surface area contributed by atoms with Crippen LogP contribution in [0.25, 0.3) is 16.9 Å². The Kier molecular flexibility index (Phi) is 7.79. The van der Waals surface area contributed by atoms with Gasteiger partial charge in [-0.15, -0.1) is 0 Å². The lowest BCUT2D eigenvalue weighted by Crippen LogP contribution is -2.25. The second-order valence-corrected chi connectivity index (χ2v) is 9.14. The van der Waals surface area contributed by atoms with Gasteiger partial charge in [0.15, 0.2) is 5.69 Å². The minimum atomic E-state index is -1.19. The molecule has 2 N–H and O–H groups in total. The summed E-state index contributed by atoms with van der Waals surface area (Å²) in [6.45, 7) is -0.215. The largest absolute Gasteiger partial charge is 0.481 e. The van der Waals surface area contributed by atoms with E-state index in [2.05, 4.69) is 10.4 Å². The molecule has 0 atom stereocenters. The summed E-state index contributed by atoms with van der Waals surface area (Å²) in [5.74, 6) is -2.58. The summed E-state index contributed by atoms with van der Waals surface area (Å²) >= 11 is 18.5. The van der Waals surface area contributed by atoms with E-state index in [4.69, 9.17) is 40.1 Å². The molecule has 0 fully saturated rings. The van der Waals surface area contributed by atoms with Crippen molar-refractivity contribution in [1.29, 1.82) is 5.26 Å². The maximum absolute atomic E-state index is 14.3. The summed E-state index contributed by atoms with van der Waals surface area (Å²) in [6.07, 6.45) is -0.531. The number of aromatic nitrogens is 2. The Balaban J connectivity index is 1.83. The quantitative estimate of drug-likeness (QED) is 0.287. The summed E-state index contributed by atoms with van der Waals surface area (Å²) < 4.78 is 15.7. The van der Waals surface area contributed by atoms with E-state index in [0.717, 1.165) is 6.07 Å². The van der Waals surface area contributed by atoms with Gasteiger partial charge in [0, 0.05) is 33.3 Å². The number of carboxylic acids is 1. The third-order valence-corrected chi connectivity index (χ3v) is 6.19. The van der Waals surface area contributed by atoms with Crippen molar-refractivity contribution in [2.24, 2.45) is 0 Å². The normalized spacial score (nSPS) is 10.7. The van der Waals surface area contributed by atoms with E-state index in [1.807, 2.05) is 6.07 Å². The van der Waals surface area contributed by atoms with Gasteiger partial charge in [0.2, 0.25) is 0 Å². The number of nitrogens with zero attached hydrogens (tertiary/aromatic N) is 3. The molecular weight excluding hydrogens is 542 g/mol. The number of rotatable bonds is 7. The number of nitrogens with one attached hydrogen (secondary N) is 1. The van der Waals surface area contributed by atoms with E-state index in [0.29, 0.717) is 27.0 Å². The molecule has 0 saturated heterocycles. The molecule has 4 aromatic rings. The van der Waals surface area contributed by atoms with Gasteiger partial charge in [0.05, 0.1) is 34.5 Å². The van der Waals surface area contributed by atoms with Crippen molar-refractivity contribution in [1.82, 2.24) is 15.1 Å². The second-order valence-electron chi connectivity index (χ2n) is 7.86. The van der Waals surface area contributed by atoms with Crippen LogP contribution in [0.3, 0.4) is 0 Å². The Morgan fingerprint density at radius 2 is 1.73 bits per heavy atom. The molecule has 0 aliphatic carbocycles. The van der Waals surface area contributed by atoms with Gasteiger partial charge in [-0.2, -0.15) is 10.4 Å². The Morgan fingerprint density at radius 1 is 1.03 bits per heavy atom. The molecule has 186 valence electrons. The average molecular weight is 558 g/mol. The van der Waals surface area contributed by atoms with Gasteiger partial charge < -0.3 is 10.4 Å². The molecule has 0 aliphatic heterocycles. The van der Waals surface area contributed by atoms with Gasteiger partial charge in [-0.05, 0) is 42.5 Å². The fraction of sp³-hybridized carbons (Fsp3) is 0.0769. The summed E-state index contributed by atoms with van der Waals surface area (Å²) in [6, 6.07) is 17.0. The summed E-state index contributed by atoms with van der Waals surface area (Å²) in [7, 11) is 0. The van der Waals surface area contributed by atoms with E-state index in [-0.39, 0.29) is 34.0 Å². The molecule has 1 aromatic heterocycles. The van der Waals surface area contributed by atoms with Crippen molar-refractivity contribution in [2.45, 2.75) is 13.0 Å². The molecule has 0 aliphatic rings. The Hall–Kier alpha value is -3.90. The Bertz CT molecular complexity index is 1560. The van der Waals surface area contributed by atoms with Crippen molar-refractivity contribution in [3.8, 4) is 23.0 Å². The zero-order valence-corrected chi connectivity index (χ0v) is 21.1. The molecule has 0 saturated carbocycles. The minimum Gasteiger partial charge on any atom is -0.481 e. The first kappa shape index (κ1) is 26.2. The van der Waals surface area contributed by atoms with Crippen molar-refractivity contribution in [3.63, 3.8) is 0 Å². The number of hydrogen-bond acceptors (Lipinski definition) is 4. The second kappa shape index (κ2) is 11.0. The summed E-state index contributed by atoms with van der Waals surface area (Å²) in [5, 5.41) is 26.6. The fourth-order valence-electron chi connectivity index (χ4n) is 3.70. The van der Waals surface area contributed by atoms with Gasteiger partial charge in [0.1, 0.15) is 5.82 Å². The topological polar surface area (TPSA) is 108 Å². The van der Waals surface area contributed by atoms with E-state index in [9.17, 15) is 19.1 Å². The summed E-state index contributed by atoms with van der Waals surface area (Å²) in [4.78, 5) is 25.1. The number of nitriles is 1. The van der Waals surface area contributed by atoms with E-state index >= 15 is 0 Å². The predicted octanol–water partition coefficient (Wildman–Crippen LogP) is 6.07. The number of aliphatic carboxylic acids is 1. The monoisotopic (exact) mass is 556 g/mol. The zero-order valence-electron chi connectivity index (χ0n) is 18.8. The molecule has 4 rings (SSSR count). The number of hydrogen-bond donors (Lipinski definition) is 2. The Labute approximate surface area is 225 Å². The SMILES string of the molecule is N#Cc1ccc(CNC(=O)c2nn(-c3ccc(Cl)cc3Cl)c(-c3ccc(Cl)cc3)c2CC(=O)O)c(F)c1. The van der Waals surface area contributed by atoms with Gasteiger partial charge >= 0.3 is 5.97 Å². The molecule has 0 spiro atoms. The molecule has 0 bridgehead atoms. The zero-order chi connectivity index (χ0) is 26.7. The van der Waals surface area contributed by atoms with Gasteiger partial charge in [0.25, 0.3) is 5.91 Å². The van der Waals surface area contributed by atoms with Crippen LogP contribution in [0.15, 0.2) is 60.7 Å². The molecular formula is C26H16Cl3FN4O3. The number of amides is 1. The Morgan fingerprint density at radius 3 is 2.35 bits per heavy atom. The van der Waals surface area contributed by atoms with E-state index in [1.54, 1.807) is 36.4 Å². The van der Waals surface area contributed by atoms with Crippen LogP contribution in [0.2, 0.25) is 15.1 Å². The maximum Gasteiger partial charge on any atom is 0.307 e. The molecule has 37 heavy (non-hydrogen) atoms. The molecule has 7 nitrogen and oxygen atoms in total. The van der Waals surface area contributed by atoms with Gasteiger partial charge in [-0.25, -0.2) is 9.07 Å². The third-order valence-electron chi connectivity index (χ3n) is 5.40. The standard InChI is InChI=1S/C26H16Cl3FN4O3/c27-17-5-3-15(4-6-17)25-19(11-23(35)36)24(33-34(25)22-8-7-18(28)10-20(22)29)26(37)32-13-16-2-1-14(12-31)9-21(16)30/h1-10H,11,13H2,(H,32,37)(H,35,36). The van der Waals surface area contributed by atoms with Crippen molar-refractivity contribution in [2.75, 3.05) is 0 Å². The van der Waals surface area contributed by atoms with Crippen LogP contribution in [0, 0.1) is 17.1 Å². The highest BCUT2D eigenvalue weighted by Gasteiger charge is 2.27. The first-order chi connectivity index (χ1) is 17.7. The van der Waals surface area contributed by atoms with Crippen LogP contribution in [-0.2, 0) is 17.8 Å². The highest BCUT2D eigenvalue weighted by molar-refractivity contribution is 6.35. The van der Waals surface area contributed by atoms with Crippen LogP contribution in [-0.4, -0.2) is 26.8 Å². The highest BCUT2D eigenvalue weighted by Crippen LogP contribution is 2.34. The summed E-state index contributed by atoms with van der Waals surface area (Å²) in [5.41, 5.74) is 1.45. The first-order valence-electron chi connectivity index (χ1n) is 10.7.